The largest absolute Gasteiger partial charge is 0.289 e. The van der Waals surface area contributed by atoms with Gasteiger partial charge in [-0.3, -0.25) is 10.1 Å². The van der Waals surface area contributed by atoms with Crippen molar-refractivity contribution in [3.05, 3.63) is 75.8 Å². The lowest BCUT2D eigenvalue weighted by atomic mass is 9.90. The van der Waals surface area contributed by atoms with Gasteiger partial charge in [-0.25, -0.2) is 8.42 Å². The van der Waals surface area contributed by atoms with E-state index in [1.807, 2.05) is 13.0 Å². The lowest BCUT2D eigenvalue weighted by Crippen LogP contribution is -2.60. The van der Waals surface area contributed by atoms with E-state index >= 15 is 0 Å². The summed E-state index contributed by atoms with van der Waals surface area (Å²) in [7, 11) is -3.86. The molecule has 120 valence electrons. The van der Waals surface area contributed by atoms with Crippen molar-refractivity contribution in [2.45, 2.75) is 23.9 Å². The molecule has 0 aromatic heterocycles. The SMILES string of the molecule is Cc1ccc(S(=O)(=O)N2C[C@@H](c3ccccc3)[C@@H]2[N+](=O)[O-])cc1. The Morgan fingerprint density at radius 3 is 2.26 bits per heavy atom. The van der Waals surface area contributed by atoms with E-state index in [0.717, 1.165) is 15.4 Å². The zero-order valence-electron chi connectivity index (χ0n) is 12.5. The Kier molecular flexibility index (Phi) is 3.91. The van der Waals surface area contributed by atoms with Crippen molar-refractivity contribution < 1.29 is 13.3 Å². The third kappa shape index (κ3) is 2.73. The van der Waals surface area contributed by atoms with Crippen LogP contribution in [0.5, 0.6) is 0 Å². The molecule has 0 amide bonds. The van der Waals surface area contributed by atoms with Crippen LogP contribution in [0, 0.1) is 17.0 Å². The molecule has 1 saturated heterocycles. The van der Waals surface area contributed by atoms with Crippen molar-refractivity contribution in [2.24, 2.45) is 0 Å². The molecular formula is C16H16N2O4S. The van der Waals surface area contributed by atoms with Crippen molar-refractivity contribution in [1.82, 2.24) is 4.31 Å². The van der Waals surface area contributed by atoms with Crippen LogP contribution in [0.15, 0.2) is 59.5 Å². The van der Waals surface area contributed by atoms with Gasteiger partial charge in [0.05, 0.1) is 10.8 Å². The van der Waals surface area contributed by atoms with Crippen LogP contribution >= 0.6 is 0 Å². The molecule has 1 fully saturated rings. The minimum Gasteiger partial charge on any atom is -0.263 e. The number of benzene rings is 2. The molecule has 2 aromatic rings. The fourth-order valence-electron chi connectivity index (χ4n) is 2.77. The summed E-state index contributed by atoms with van der Waals surface area (Å²) in [6.07, 6.45) is -1.26. The molecule has 7 heteroatoms. The number of sulfonamides is 1. The minimum atomic E-state index is -3.86. The van der Waals surface area contributed by atoms with E-state index in [0.29, 0.717) is 0 Å². The maximum absolute atomic E-state index is 12.6. The fraction of sp³-hybridized carbons (Fsp3) is 0.250. The Labute approximate surface area is 134 Å². The number of hydrogen-bond acceptors (Lipinski definition) is 4. The predicted molar refractivity (Wildman–Crippen MR) is 85.0 cm³/mol. The molecule has 0 aliphatic carbocycles. The van der Waals surface area contributed by atoms with Crippen LogP contribution in [0.3, 0.4) is 0 Å². The van der Waals surface area contributed by atoms with Gasteiger partial charge in [0, 0.05) is 11.5 Å². The second-order valence-electron chi connectivity index (χ2n) is 5.60. The molecule has 0 spiro atoms. The summed E-state index contributed by atoms with van der Waals surface area (Å²) in [5.74, 6) is -0.425. The first-order chi connectivity index (χ1) is 10.9. The summed E-state index contributed by atoms with van der Waals surface area (Å²) in [4.78, 5) is 11.0. The van der Waals surface area contributed by atoms with Gasteiger partial charge in [-0.05, 0) is 24.6 Å². The number of rotatable bonds is 4. The molecule has 0 unspecified atom stereocenters. The van der Waals surface area contributed by atoms with Crippen LogP contribution in [0.1, 0.15) is 17.0 Å². The third-order valence-corrected chi connectivity index (χ3v) is 5.95. The molecule has 3 rings (SSSR count). The van der Waals surface area contributed by atoms with Gasteiger partial charge < -0.3 is 0 Å². The standard InChI is InChI=1S/C16H16N2O4S/c1-12-7-9-14(10-8-12)23(21,22)17-11-15(16(17)18(19)20)13-5-3-2-4-6-13/h2-10,15-16H,11H2,1H3/t15-,16-/m0/s1. The minimum absolute atomic E-state index is 0.0847. The Bertz CT molecular complexity index is 819. The summed E-state index contributed by atoms with van der Waals surface area (Å²) in [5.41, 5.74) is 1.71. The highest BCUT2D eigenvalue weighted by Crippen LogP contribution is 2.38. The zero-order valence-corrected chi connectivity index (χ0v) is 13.3. The Hall–Kier alpha value is -2.25. The number of nitro groups is 1. The molecular weight excluding hydrogens is 316 g/mol. The molecule has 2 aromatic carbocycles. The Morgan fingerprint density at radius 1 is 1.09 bits per heavy atom. The monoisotopic (exact) mass is 332 g/mol. The summed E-state index contributed by atoms with van der Waals surface area (Å²) >= 11 is 0. The first-order valence-corrected chi connectivity index (χ1v) is 8.62. The molecule has 23 heavy (non-hydrogen) atoms. The maximum Gasteiger partial charge on any atom is 0.289 e. The first-order valence-electron chi connectivity index (χ1n) is 7.18. The summed E-state index contributed by atoms with van der Waals surface area (Å²) in [5, 5.41) is 11.4. The second-order valence-corrected chi connectivity index (χ2v) is 7.49. The highest BCUT2D eigenvalue weighted by Gasteiger charge is 2.55. The van der Waals surface area contributed by atoms with Crippen molar-refractivity contribution >= 4 is 10.0 Å². The molecule has 0 radical (unpaired) electrons. The number of nitrogens with zero attached hydrogens (tertiary/aromatic N) is 2. The second kappa shape index (κ2) is 5.75. The fourth-order valence-corrected chi connectivity index (χ4v) is 4.39. The normalized spacial score (nSPS) is 21.6. The van der Waals surface area contributed by atoms with Crippen LogP contribution < -0.4 is 0 Å². The van der Waals surface area contributed by atoms with Crippen LogP contribution in [-0.2, 0) is 10.0 Å². The van der Waals surface area contributed by atoms with Crippen LogP contribution in [0.4, 0.5) is 0 Å². The lowest BCUT2D eigenvalue weighted by Gasteiger charge is -2.40. The summed E-state index contributed by atoms with van der Waals surface area (Å²) < 4.78 is 26.2. The topological polar surface area (TPSA) is 80.5 Å². The van der Waals surface area contributed by atoms with Gasteiger partial charge in [-0.1, -0.05) is 48.0 Å². The Balaban J connectivity index is 1.92. The van der Waals surface area contributed by atoms with Gasteiger partial charge in [-0.15, -0.1) is 4.31 Å². The Morgan fingerprint density at radius 2 is 1.70 bits per heavy atom. The van der Waals surface area contributed by atoms with Gasteiger partial charge in [-0.2, -0.15) is 0 Å². The average molecular weight is 332 g/mol. The molecule has 6 nitrogen and oxygen atoms in total. The third-order valence-electron chi connectivity index (χ3n) is 4.10. The lowest BCUT2D eigenvalue weighted by molar-refractivity contribution is -0.563. The molecule has 0 bridgehead atoms. The van der Waals surface area contributed by atoms with Gasteiger partial charge in [0.25, 0.3) is 6.17 Å². The van der Waals surface area contributed by atoms with Crippen molar-refractivity contribution in [3.8, 4) is 0 Å². The average Bonchev–Trinajstić information content (AvgIpc) is 2.47. The predicted octanol–water partition coefficient (Wildman–Crippen LogP) is 2.39. The van der Waals surface area contributed by atoms with Gasteiger partial charge in [0.1, 0.15) is 0 Å². The van der Waals surface area contributed by atoms with E-state index in [1.54, 1.807) is 36.4 Å². The summed E-state index contributed by atoms with van der Waals surface area (Å²) in [6.45, 7) is 1.97. The summed E-state index contributed by atoms with van der Waals surface area (Å²) in [6, 6.07) is 15.3. The highest BCUT2D eigenvalue weighted by molar-refractivity contribution is 7.89. The maximum atomic E-state index is 12.6. The van der Waals surface area contributed by atoms with Crippen molar-refractivity contribution in [2.75, 3.05) is 6.54 Å². The number of hydrogen-bond donors (Lipinski definition) is 0. The van der Waals surface area contributed by atoms with E-state index in [4.69, 9.17) is 0 Å². The van der Waals surface area contributed by atoms with E-state index in [2.05, 4.69) is 0 Å². The van der Waals surface area contributed by atoms with E-state index in [1.165, 1.54) is 12.1 Å². The van der Waals surface area contributed by atoms with Crippen LogP contribution in [0.2, 0.25) is 0 Å². The molecule has 0 saturated carbocycles. The quantitative estimate of drug-likeness (QED) is 0.636. The van der Waals surface area contributed by atoms with Crippen LogP contribution in [-0.4, -0.2) is 30.4 Å². The van der Waals surface area contributed by atoms with E-state index in [-0.39, 0.29) is 11.4 Å². The van der Waals surface area contributed by atoms with Gasteiger partial charge in [0.2, 0.25) is 10.0 Å². The van der Waals surface area contributed by atoms with Gasteiger partial charge >= 0.3 is 0 Å². The van der Waals surface area contributed by atoms with Crippen LogP contribution in [0.25, 0.3) is 0 Å². The van der Waals surface area contributed by atoms with E-state index in [9.17, 15) is 18.5 Å². The number of aryl methyl sites for hydroxylation is 1. The zero-order chi connectivity index (χ0) is 16.6. The van der Waals surface area contributed by atoms with Crippen molar-refractivity contribution in [3.63, 3.8) is 0 Å². The van der Waals surface area contributed by atoms with E-state index < -0.39 is 27.0 Å². The molecule has 1 aliphatic heterocycles. The molecule has 1 aliphatic rings. The van der Waals surface area contributed by atoms with Gasteiger partial charge in [0.15, 0.2) is 0 Å². The molecule has 1 heterocycles. The van der Waals surface area contributed by atoms with Crippen molar-refractivity contribution in [1.29, 1.82) is 0 Å². The highest BCUT2D eigenvalue weighted by atomic mass is 32.2. The molecule has 2 atom stereocenters. The molecule has 0 N–H and O–H groups in total. The smallest absolute Gasteiger partial charge is 0.263 e. The first kappa shape index (κ1) is 15.6.